The minimum atomic E-state index is -4.75. The molecular formula is C34H41F6NO3. The molecule has 4 nitrogen and oxygen atoms in total. The minimum Gasteiger partial charge on any atom is -0.492 e. The number of alkyl halides is 6. The number of nitrogens with zero attached hydrogens (tertiary/aromatic N) is 1. The molecule has 3 aromatic rings. The largest absolute Gasteiger partial charge is 0.492 e. The van der Waals surface area contributed by atoms with Gasteiger partial charge in [0.25, 0.3) is 0 Å². The van der Waals surface area contributed by atoms with Crippen molar-refractivity contribution >= 4 is 16.9 Å². The molecule has 0 radical (unpaired) electrons. The van der Waals surface area contributed by atoms with Crippen LogP contribution < -0.4 is 4.74 Å². The van der Waals surface area contributed by atoms with Gasteiger partial charge in [0.15, 0.2) is 0 Å². The summed E-state index contributed by atoms with van der Waals surface area (Å²) in [4.78, 5) is 11.4. The molecule has 10 heteroatoms. The predicted molar refractivity (Wildman–Crippen MR) is 160 cm³/mol. The van der Waals surface area contributed by atoms with Crippen molar-refractivity contribution in [1.29, 1.82) is 0 Å². The fraction of sp³-hybridized carbons (Fsp3) is 0.500. The van der Waals surface area contributed by atoms with Gasteiger partial charge in [-0.3, -0.25) is 0 Å². The number of unbranched alkanes of at least 4 members (excludes halogenated alkanes) is 2. The predicted octanol–water partition coefficient (Wildman–Crippen LogP) is 10.2. The molecule has 0 saturated carbocycles. The van der Waals surface area contributed by atoms with Crippen LogP contribution in [0.3, 0.4) is 0 Å². The number of benzene rings is 2. The number of hydrogen-bond donors (Lipinski definition) is 0. The SMILES string of the molecule is C=CC(=O)OCC(C)(COc1ccc2cc(-c3ccc(CCCCC)cc3C(F)(F)F)n(CCCC(C)C)c2c1)C(F)(F)F. The van der Waals surface area contributed by atoms with Gasteiger partial charge in [-0.15, -0.1) is 0 Å². The van der Waals surface area contributed by atoms with Crippen LogP contribution in [0.4, 0.5) is 26.3 Å². The van der Waals surface area contributed by atoms with Crippen molar-refractivity contribution in [2.45, 2.75) is 85.1 Å². The lowest BCUT2D eigenvalue weighted by atomic mass is 9.92. The van der Waals surface area contributed by atoms with E-state index in [4.69, 9.17) is 9.47 Å². The zero-order valence-corrected chi connectivity index (χ0v) is 25.7. The van der Waals surface area contributed by atoms with Gasteiger partial charge in [0, 0.05) is 35.3 Å². The van der Waals surface area contributed by atoms with Crippen molar-refractivity contribution < 1.29 is 40.6 Å². The van der Waals surface area contributed by atoms with Gasteiger partial charge in [0.1, 0.15) is 24.4 Å². The number of carbonyl (C=O) groups is 1. The van der Waals surface area contributed by atoms with Crippen LogP contribution in [-0.4, -0.2) is 29.9 Å². The maximum Gasteiger partial charge on any atom is 0.417 e. The molecule has 0 aliphatic heterocycles. The molecule has 3 rings (SSSR count). The van der Waals surface area contributed by atoms with Gasteiger partial charge in [0.05, 0.1) is 11.1 Å². The summed E-state index contributed by atoms with van der Waals surface area (Å²) in [6.45, 7) is 8.84. The summed E-state index contributed by atoms with van der Waals surface area (Å²) >= 11 is 0. The van der Waals surface area contributed by atoms with Crippen molar-refractivity contribution in [2.75, 3.05) is 13.2 Å². The van der Waals surface area contributed by atoms with E-state index in [1.807, 2.05) is 6.92 Å². The molecule has 242 valence electrons. The molecule has 44 heavy (non-hydrogen) atoms. The Labute approximate surface area is 255 Å². The standard InChI is InChI=1S/C34H41F6NO3/c1-6-8-9-12-24-13-16-27(28(18-24)33(35,36)37)30-19-25-14-15-26(20-29(25)41(30)17-10-11-23(3)4)43-21-32(5,34(38,39)40)22-44-31(42)7-2/h7,13-16,18-20,23H,2,6,8-12,17,21-22H2,1,3-5H3. The molecule has 0 amide bonds. The molecule has 1 unspecified atom stereocenters. The number of fused-ring (bicyclic) bond motifs is 1. The van der Waals surface area contributed by atoms with Gasteiger partial charge in [-0.05, 0) is 68.4 Å². The lowest BCUT2D eigenvalue weighted by Gasteiger charge is -2.31. The number of halogens is 6. The first-order valence-corrected chi connectivity index (χ1v) is 14.9. The van der Waals surface area contributed by atoms with Crippen LogP contribution in [0.25, 0.3) is 22.2 Å². The molecule has 0 N–H and O–H groups in total. The third kappa shape index (κ3) is 8.82. The number of rotatable bonds is 15. The van der Waals surface area contributed by atoms with Crippen LogP contribution in [0, 0.1) is 11.3 Å². The molecule has 1 heterocycles. The number of hydrogen-bond acceptors (Lipinski definition) is 3. The van der Waals surface area contributed by atoms with Gasteiger partial charge in [-0.25, -0.2) is 4.79 Å². The van der Waals surface area contributed by atoms with Crippen LogP contribution in [0.1, 0.15) is 70.9 Å². The molecule has 1 aromatic heterocycles. The summed E-state index contributed by atoms with van der Waals surface area (Å²) in [5, 5.41) is 0.635. The molecule has 0 fully saturated rings. The van der Waals surface area contributed by atoms with E-state index in [1.165, 1.54) is 18.2 Å². The molecule has 0 spiro atoms. The molecule has 0 bridgehead atoms. The molecule has 0 aliphatic carbocycles. The average Bonchev–Trinajstić information content (AvgIpc) is 3.31. The summed E-state index contributed by atoms with van der Waals surface area (Å²) in [5.41, 5.74) is -1.62. The first-order valence-electron chi connectivity index (χ1n) is 14.9. The molecule has 0 aliphatic rings. The second-order valence-corrected chi connectivity index (χ2v) is 11.9. The van der Waals surface area contributed by atoms with Crippen LogP contribution >= 0.6 is 0 Å². The zero-order chi connectivity index (χ0) is 32.7. The smallest absolute Gasteiger partial charge is 0.417 e. The highest BCUT2D eigenvalue weighted by Gasteiger charge is 2.53. The first kappa shape index (κ1) is 35.1. The molecule has 1 atom stereocenters. The van der Waals surface area contributed by atoms with Crippen molar-refractivity contribution in [3.05, 3.63) is 66.2 Å². The van der Waals surface area contributed by atoms with Crippen molar-refractivity contribution in [2.24, 2.45) is 11.3 Å². The fourth-order valence-corrected chi connectivity index (χ4v) is 4.97. The number of aryl methyl sites for hydroxylation is 2. The topological polar surface area (TPSA) is 40.5 Å². The number of esters is 1. The highest BCUT2D eigenvalue weighted by atomic mass is 19.4. The van der Waals surface area contributed by atoms with Gasteiger partial charge in [0.2, 0.25) is 0 Å². The highest BCUT2D eigenvalue weighted by Crippen LogP contribution is 2.42. The molecule has 0 saturated heterocycles. The second-order valence-electron chi connectivity index (χ2n) is 11.9. The zero-order valence-electron chi connectivity index (χ0n) is 25.7. The van der Waals surface area contributed by atoms with E-state index in [0.29, 0.717) is 47.5 Å². The quantitative estimate of drug-likeness (QED) is 0.0730. The van der Waals surface area contributed by atoms with E-state index in [9.17, 15) is 31.1 Å². The maximum absolute atomic E-state index is 14.4. The summed E-state index contributed by atoms with van der Waals surface area (Å²) in [6.07, 6.45) is -3.78. The van der Waals surface area contributed by atoms with Crippen LogP contribution in [0.5, 0.6) is 5.75 Å². The van der Waals surface area contributed by atoms with E-state index in [1.54, 1.807) is 28.8 Å². The number of aromatic nitrogens is 1. The third-order valence-corrected chi connectivity index (χ3v) is 7.71. The lowest BCUT2D eigenvalue weighted by Crippen LogP contribution is -2.44. The van der Waals surface area contributed by atoms with Gasteiger partial charge < -0.3 is 14.0 Å². The highest BCUT2D eigenvalue weighted by molar-refractivity contribution is 5.89. The Balaban J connectivity index is 2.05. The third-order valence-electron chi connectivity index (χ3n) is 7.71. The van der Waals surface area contributed by atoms with Gasteiger partial charge in [-0.1, -0.05) is 52.3 Å². The Bertz CT molecular complexity index is 1420. The Kier molecular flexibility index (Phi) is 11.6. The maximum atomic E-state index is 14.4. The van der Waals surface area contributed by atoms with Crippen LogP contribution in [0.2, 0.25) is 0 Å². The van der Waals surface area contributed by atoms with Gasteiger partial charge in [-0.2, -0.15) is 26.3 Å². The number of carbonyl (C=O) groups excluding carboxylic acids is 1. The molecule has 2 aromatic carbocycles. The van der Waals surface area contributed by atoms with E-state index in [0.717, 1.165) is 38.7 Å². The molecular weight excluding hydrogens is 584 g/mol. The summed E-state index contributed by atoms with van der Waals surface area (Å²) in [7, 11) is 0. The van der Waals surface area contributed by atoms with E-state index in [2.05, 4.69) is 20.4 Å². The average molecular weight is 626 g/mol. The normalized spacial score (nSPS) is 13.7. The van der Waals surface area contributed by atoms with E-state index >= 15 is 0 Å². The van der Waals surface area contributed by atoms with E-state index < -0.39 is 42.5 Å². The summed E-state index contributed by atoms with van der Waals surface area (Å²) in [6, 6.07) is 10.8. The monoisotopic (exact) mass is 625 g/mol. The van der Waals surface area contributed by atoms with E-state index in [-0.39, 0.29) is 11.3 Å². The minimum absolute atomic E-state index is 0.0497. The van der Waals surface area contributed by atoms with Crippen molar-refractivity contribution in [3.8, 4) is 17.0 Å². The number of ether oxygens (including phenoxy) is 2. The first-order chi connectivity index (χ1) is 20.6. The van der Waals surface area contributed by atoms with Crippen molar-refractivity contribution in [1.82, 2.24) is 4.57 Å². The van der Waals surface area contributed by atoms with Gasteiger partial charge >= 0.3 is 18.3 Å². The Morgan fingerprint density at radius 1 is 0.977 bits per heavy atom. The Morgan fingerprint density at radius 2 is 1.70 bits per heavy atom. The van der Waals surface area contributed by atoms with Crippen LogP contribution in [-0.2, 0) is 28.7 Å². The van der Waals surface area contributed by atoms with Crippen molar-refractivity contribution in [3.63, 3.8) is 0 Å². The lowest BCUT2D eigenvalue weighted by molar-refractivity contribution is -0.240. The fourth-order valence-electron chi connectivity index (χ4n) is 4.97. The Morgan fingerprint density at radius 3 is 2.32 bits per heavy atom. The summed E-state index contributed by atoms with van der Waals surface area (Å²) < 4.78 is 97.1. The van der Waals surface area contributed by atoms with Crippen LogP contribution in [0.15, 0.2) is 55.1 Å². The Hall–Kier alpha value is -3.43. The summed E-state index contributed by atoms with van der Waals surface area (Å²) in [5.74, 6) is -0.497. The second kappa shape index (κ2) is 14.6.